The third kappa shape index (κ3) is 5.05. The molecule has 1 heterocycles. The van der Waals surface area contributed by atoms with Gasteiger partial charge in [-0.25, -0.2) is 9.59 Å². The lowest BCUT2D eigenvalue weighted by molar-refractivity contribution is -0.144. The minimum absolute atomic E-state index is 0.684. The molecular formula is C24H28N2O5. The Hall–Kier alpha value is -3.35. The molecule has 164 valence electrons. The first-order valence-corrected chi connectivity index (χ1v) is 10.1. The minimum atomic E-state index is -0.946. The summed E-state index contributed by atoms with van der Waals surface area (Å²) in [4.78, 5) is 38.9. The maximum absolute atomic E-state index is 13.2. The molecule has 1 aliphatic heterocycles. The van der Waals surface area contributed by atoms with Crippen molar-refractivity contribution >= 4 is 28.9 Å². The van der Waals surface area contributed by atoms with Crippen molar-refractivity contribution in [1.29, 1.82) is 0 Å². The highest BCUT2D eigenvalue weighted by molar-refractivity contribution is 6.01. The van der Waals surface area contributed by atoms with Crippen LogP contribution in [0.2, 0.25) is 0 Å². The van der Waals surface area contributed by atoms with E-state index in [4.69, 9.17) is 9.47 Å². The smallest absolute Gasteiger partial charge is 0.437 e. The second-order valence-corrected chi connectivity index (χ2v) is 9.33. The monoisotopic (exact) mass is 424 g/mol. The number of hydrazine groups is 1. The zero-order chi connectivity index (χ0) is 23.0. The molecule has 0 fully saturated rings. The average Bonchev–Trinajstić information content (AvgIpc) is 2.64. The first-order valence-electron chi connectivity index (χ1n) is 10.1. The summed E-state index contributed by atoms with van der Waals surface area (Å²) in [5.74, 6) is -0.684. The first-order chi connectivity index (χ1) is 14.4. The highest BCUT2D eigenvalue weighted by Crippen LogP contribution is 2.34. The Labute approximate surface area is 182 Å². The van der Waals surface area contributed by atoms with Crippen molar-refractivity contribution in [1.82, 2.24) is 10.0 Å². The number of fused-ring (bicyclic) bond motifs is 1. The van der Waals surface area contributed by atoms with Gasteiger partial charge in [-0.05, 0) is 64.0 Å². The van der Waals surface area contributed by atoms with Gasteiger partial charge in [0, 0.05) is 6.08 Å². The lowest BCUT2D eigenvalue weighted by Crippen LogP contribution is -2.57. The quantitative estimate of drug-likeness (QED) is 0.615. The molecule has 0 unspecified atom stereocenters. The summed E-state index contributed by atoms with van der Waals surface area (Å²) in [6, 6.07) is 12.6. The molecule has 0 N–H and O–H groups in total. The number of amides is 3. The van der Waals surface area contributed by atoms with E-state index in [1.54, 1.807) is 47.6 Å². The van der Waals surface area contributed by atoms with Crippen LogP contribution in [0.15, 0.2) is 54.6 Å². The SMILES string of the molecule is CC(C)(C)OC(=O)N1C(=O)C=C[C@H](c2cccc3ccccc23)N1C(=O)OC(C)(C)C. The van der Waals surface area contributed by atoms with Crippen molar-refractivity contribution in [3.8, 4) is 0 Å². The maximum Gasteiger partial charge on any atom is 0.437 e. The predicted octanol–water partition coefficient (Wildman–Crippen LogP) is 5.37. The van der Waals surface area contributed by atoms with Crippen molar-refractivity contribution in [2.45, 2.75) is 58.8 Å². The third-order valence-electron chi connectivity index (χ3n) is 4.40. The van der Waals surface area contributed by atoms with Crippen LogP contribution in [0.4, 0.5) is 9.59 Å². The Morgan fingerprint density at radius 3 is 2.06 bits per heavy atom. The van der Waals surface area contributed by atoms with Crippen molar-refractivity contribution in [2.24, 2.45) is 0 Å². The van der Waals surface area contributed by atoms with Gasteiger partial charge in [-0.15, -0.1) is 5.01 Å². The zero-order valence-corrected chi connectivity index (χ0v) is 18.7. The van der Waals surface area contributed by atoms with Crippen LogP contribution in [0.5, 0.6) is 0 Å². The molecule has 1 aliphatic rings. The Morgan fingerprint density at radius 1 is 0.839 bits per heavy atom. The van der Waals surface area contributed by atoms with E-state index in [0.29, 0.717) is 5.01 Å². The van der Waals surface area contributed by atoms with Gasteiger partial charge in [0.1, 0.15) is 17.2 Å². The standard InChI is InChI=1S/C24H28N2O5/c1-23(2,3)30-21(28)25-19(18-13-9-11-16-10-7-8-12-17(16)18)14-15-20(27)26(25)22(29)31-24(4,5)6/h7-15,19H,1-6H3/t19-/m1/s1. The molecule has 0 bridgehead atoms. The van der Waals surface area contributed by atoms with Crippen LogP contribution in [-0.2, 0) is 14.3 Å². The molecule has 2 aromatic carbocycles. The van der Waals surface area contributed by atoms with Crippen LogP contribution in [0.25, 0.3) is 10.8 Å². The molecule has 1 atom stereocenters. The number of ether oxygens (including phenoxy) is 2. The van der Waals surface area contributed by atoms with Crippen LogP contribution in [0, 0.1) is 0 Å². The van der Waals surface area contributed by atoms with Crippen LogP contribution in [-0.4, -0.2) is 39.3 Å². The molecule has 3 amide bonds. The molecule has 7 heteroatoms. The molecule has 2 aromatic rings. The normalized spacial score (nSPS) is 17.1. The van der Waals surface area contributed by atoms with Crippen molar-refractivity contribution < 1.29 is 23.9 Å². The summed E-state index contributed by atoms with van der Waals surface area (Å²) >= 11 is 0. The Bertz CT molecular complexity index is 1040. The first kappa shape index (κ1) is 22.3. The molecule has 0 spiro atoms. The van der Waals surface area contributed by atoms with Crippen molar-refractivity contribution in [3.63, 3.8) is 0 Å². The maximum atomic E-state index is 13.2. The van der Waals surface area contributed by atoms with E-state index in [-0.39, 0.29) is 0 Å². The molecule has 31 heavy (non-hydrogen) atoms. The van der Waals surface area contributed by atoms with E-state index in [9.17, 15) is 14.4 Å². The number of carbonyl (C=O) groups excluding carboxylic acids is 3. The molecule has 7 nitrogen and oxygen atoms in total. The van der Waals surface area contributed by atoms with Gasteiger partial charge in [-0.2, -0.15) is 5.01 Å². The molecule has 0 aliphatic carbocycles. The van der Waals surface area contributed by atoms with Crippen molar-refractivity contribution in [3.05, 3.63) is 60.2 Å². The third-order valence-corrected chi connectivity index (χ3v) is 4.40. The van der Waals surface area contributed by atoms with E-state index in [2.05, 4.69) is 0 Å². The van der Waals surface area contributed by atoms with E-state index >= 15 is 0 Å². The van der Waals surface area contributed by atoms with Crippen LogP contribution in [0.3, 0.4) is 0 Å². The van der Waals surface area contributed by atoms with Gasteiger partial charge in [0.15, 0.2) is 0 Å². The lowest BCUT2D eigenvalue weighted by Gasteiger charge is -2.40. The summed E-state index contributed by atoms with van der Waals surface area (Å²) in [6.45, 7) is 10.2. The lowest BCUT2D eigenvalue weighted by atomic mass is 9.97. The molecular weight excluding hydrogens is 396 g/mol. The van der Waals surface area contributed by atoms with Crippen LogP contribution < -0.4 is 0 Å². The highest BCUT2D eigenvalue weighted by Gasteiger charge is 2.43. The van der Waals surface area contributed by atoms with Gasteiger partial charge < -0.3 is 9.47 Å². The number of hydrogen-bond donors (Lipinski definition) is 0. The summed E-state index contributed by atoms with van der Waals surface area (Å²) in [5.41, 5.74) is -0.932. The number of imide groups is 1. The summed E-state index contributed by atoms with van der Waals surface area (Å²) < 4.78 is 11.0. The van der Waals surface area contributed by atoms with Gasteiger partial charge in [-0.1, -0.05) is 42.5 Å². The highest BCUT2D eigenvalue weighted by atomic mass is 16.6. The van der Waals surface area contributed by atoms with E-state index in [0.717, 1.165) is 21.3 Å². The fourth-order valence-electron chi connectivity index (χ4n) is 3.29. The van der Waals surface area contributed by atoms with Gasteiger partial charge in [-0.3, -0.25) is 4.79 Å². The number of carbonyl (C=O) groups is 3. The summed E-state index contributed by atoms with van der Waals surface area (Å²) in [5, 5.41) is 3.61. The fourth-order valence-corrected chi connectivity index (χ4v) is 3.29. The minimum Gasteiger partial charge on any atom is -0.442 e. The fraction of sp³-hybridized carbons (Fsp3) is 0.375. The predicted molar refractivity (Wildman–Crippen MR) is 117 cm³/mol. The second-order valence-electron chi connectivity index (χ2n) is 9.33. The van der Waals surface area contributed by atoms with E-state index < -0.39 is 35.3 Å². The molecule has 0 saturated heterocycles. The topological polar surface area (TPSA) is 76.2 Å². The van der Waals surface area contributed by atoms with Gasteiger partial charge in [0.05, 0.1) is 0 Å². The van der Waals surface area contributed by atoms with Gasteiger partial charge in [0.2, 0.25) is 0 Å². The summed E-state index contributed by atoms with van der Waals surface area (Å²) in [6.07, 6.45) is 1.10. The van der Waals surface area contributed by atoms with Gasteiger partial charge >= 0.3 is 12.2 Å². The van der Waals surface area contributed by atoms with Crippen LogP contribution in [0.1, 0.15) is 53.1 Å². The Kier molecular flexibility index (Phi) is 5.81. The number of hydrogen-bond acceptors (Lipinski definition) is 5. The molecule has 0 saturated carbocycles. The zero-order valence-electron chi connectivity index (χ0n) is 18.7. The Morgan fingerprint density at radius 2 is 1.42 bits per heavy atom. The molecule has 3 rings (SSSR count). The second kappa shape index (κ2) is 8.06. The number of benzene rings is 2. The molecule has 0 aromatic heterocycles. The van der Waals surface area contributed by atoms with E-state index in [1.807, 2.05) is 42.5 Å². The largest absolute Gasteiger partial charge is 0.442 e. The number of nitrogens with zero attached hydrogens (tertiary/aromatic N) is 2. The van der Waals surface area contributed by atoms with E-state index in [1.165, 1.54) is 6.08 Å². The Balaban J connectivity index is 2.14. The summed E-state index contributed by atoms with van der Waals surface area (Å²) in [7, 11) is 0. The van der Waals surface area contributed by atoms with Crippen LogP contribution >= 0.6 is 0 Å². The van der Waals surface area contributed by atoms with Crippen molar-refractivity contribution in [2.75, 3.05) is 0 Å². The van der Waals surface area contributed by atoms with Gasteiger partial charge in [0.25, 0.3) is 5.91 Å². The average molecular weight is 424 g/mol. The number of rotatable bonds is 1. The molecule has 0 radical (unpaired) electrons.